The van der Waals surface area contributed by atoms with Crippen LogP contribution in [-0.2, 0) is 24.3 Å². The van der Waals surface area contributed by atoms with Crippen LogP contribution in [0.1, 0.15) is 45.1 Å². The fourth-order valence-electron chi connectivity index (χ4n) is 3.04. The highest BCUT2D eigenvalue weighted by Gasteiger charge is 2.30. The minimum absolute atomic E-state index is 0.0807. The molecular formula is C20H30N2O5S. The van der Waals surface area contributed by atoms with Gasteiger partial charge in [0, 0.05) is 13.1 Å². The Hall–Kier alpha value is -1.93. The standard InChI is InChI=1S/C20H30N2O5S/c1-15(2)19(21-28(25,26)17-10-8-16(3)9-11-17)20(24)27-14-18(23)22-12-6-4-5-7-13-22/h8-11,15,19,21H,4-7,12-14H2,1-3H3/t19-/m1/s1. The lowest BCUT2D eigenvalue weighted by Crippen LogP contribution is -2.46. The molecule has 1 amide bonds. The lowest BCUT2D eigenvalue weighted by molar-refractivity contribution is -0.154. The molecule has 156 valence electrons. The second kappa shape index (κ2) is 10.0. The zero-order valence-electron chi connectivity index (χ0n) is 16.8. The number of benzene rings is 1. The van der Waals surface area contributed by atoms with E-state index in [-0.39, 0.29) is 23.3 Å². The quantitative estimate of drug-likeness (QED) is 0.696. The maximum atomic E-state index is 12.6. The zero-order chi connectivity index (χ0) is 20.7. The highest BCUT2D eigenvalue weighted by atomic mass is 32.2. The molecule has 1 aromatic carbocycles. The van der Waals surface area contributed by atoms with Crippen LogP contribution < -0.4 is 4.72 Å². The SMILES string of the molecule is Cc1ccc(S(=O)(=O)N[C@@H](C(=O)OCC(=O)N2CCCCCC2)C(C)C)cc1. The highest BCUT2D eigenvalue weighted by molar-refractivity contribution is 7.89. The predicted molar refractivity (Wildman–Crippen MR) is 106 cm³/mol. The van der Waals surface area contributed by atoms with E-state index in [1.54, 1.807) is 30.9 Å². The Morgan fingerprint density at radius 2 is 1.64 bits per heavy atom. The summed E-state index contributed by atoms with van der Waals surface area (Å²) in [6.45, 7) is 6.28. The van der Waals surface area contributed by atoms with Gasteiger partial charge in [-0.15, -0.1) is 0 Å². The van der Waals surface area contributed by atoms with Gasteiger partial charge in [0.2, 0.25) is 10.0 Å². The van der Waals surface area contributed by atoms with Crippen LogP contribution in [0.15, 0.2) is 29.2 Å². The second-order valence-electron chi connectivity index (χ2n) is 7.56. The topological polar surface area (TPSA) is 92.8 Å². The van der Waals surface area contributed by atoms with Crippen molar-refractivity contribution < 1.29 is 22.7 Å². The summed E-state index contributed by atoms with van der Waals surface area (Å²) in [6, 6.07) is 5.30. The number of esters is 1. The summed E-state index contributed by atoms with van der Waals surface area (Å²) < 4.78 is 32.8. The van der Waals surface area contributed by atoms with Crippen molar-refractivity contribution in [2.45, 2.75) is 57.4 Å². The van der Waals surface area contributed by atoms with E-state index in [0.717, 1.165) is 31.2 Å². The molecule has 1 saturated heterocycles. The van der Waals surface area contributed by atoms with E-state index in [1.165, 1.54) is 12.1 Å². The van der Waals surface area contributed by atoms with Gasteiger partial charge in [-0.25, -0.2) is 8.42 Å². The van der Waals surface area contributed by atoms with Crippen LogP contribution in [0.3, 0.4) is 0 Å². The number of hydrogen-bond donors (Lipinski definition) is 1. The average Bonchev–Trinajstić information content (AvgIpc) is 2.93. The molecule has 1 heterocycles. The molecule has 1 aromatic rings. The third kappa shape index (κ3) is 6.31. The van der Waals surface area contributed by atoms with E-state index in [1.807, 2.05) is 6.92 Å². The summed E-state index contributed by atoms with van der Waals surface area (Å²) in [5.74, 6) is -1.31. The zero-order valence-corrected chi connectivity index (χ0v) is 17.6. The Bertz CT molecular complexity index is 766. The molecule has 1 N–H and O–H groups in total. The molecule has 1 aliphatic heterocycles. The fourth-order valence-corrected chi connectivity index (χ4v) is 4.38. The summed E-state index contributed by atoms with van der Waals surface area (Å²) in [5.41, 5.74) is 0.936. The molecule has 0 spiro atoms. The van der Waals surface area contributed by atoms with E-state index < -0.39 is 22.0 Å². The number of rotatable bonds is 7. The van der Waals surface area contributed by atoms with Gasteiger partial charge in [-0.1, -0.05) is 44.4 Å². The third-order valence-corrected chi connectivity index (χ3v) is 6.29. The van der Waals surface area contributed by atoms with Crippen molar-refractivity contribution in [1.82, 2.24) is 9.62 Å². The Balaban J connectivity index is 1.99. The van der Waals surface area contributed by atoms with Crippen molar-refractivity contribution in [3.05, 3.63) is 29.8 Å². The van der Waals surface area contributed by atoms with Gasteiger partial charge in [0.1, 0.15) is 6.04 Å². The second-order valence-corrected chi connectivity index (χ2v) is 9.27. The monoisotopic (exact) mass is 410 g/mol. The molecule has 1 atom stereocenters. The van der Waals surface area contributed by atoms with Crippen LogP contribution in [0.4, 0.5) is 0 Å². The van der Waals surface area contributed by atoms with Gasteiger partial charge in [0.25, 0.3) is 5.91 Å². The smallest absolute Gasteiger partial charge is 0.324 e. The molecule has 0 saturated carbocycles. The number of nitrogens with zero attached hydrogens (tertiary/aromatic N) is 1. The van der Waals surface area contributed by atoms with Gasteiger partial charge < -0.3 is 9.64 Å². The number of sulfonamides is 1. The number of amides is 1. The van der Waals surface area contributed by atoms with E-state index in [4.69, 9.17) is 4.74 Å². The summed E-state index contributed by atoms with van der Waals surface area (Å²) in [6.07, 6.45) is 4.09. The predicted octanol–water partition coefficient (Wildman–Crippen LogP) is 2.24. The molecule has 7 nitrogen and oxygen atoms in total. The minimum Gasteiger partial charge on any atom is -0.454 e. The summed E-state index contributed by atoms with van der Waals surface area (Å²) in [4.78, 5) is 26.6. The van der Waals surface area contributed by atoms with Crippen molar-refractivity contribution in [3.63, 3.8) is 0 Å². The van der Waals surface area contributed by atoms with Crippen molar-refractivity contribution in [1.29, 1.82) is 0 Å². The first-order valence-corrected chi connectivity index (χ1v) is 11.2. The molecule has 2 rings (SSSR count). The lowest BCUT2D eigenvalue weighted by atomic mass is 10.1. The maximum absolute atomic E-state index is 12.6. The molecule has 8 heteroatoms. The number of hydrogen-bond acceptors (Lipinski definition) is 5. The molecule has 1 fully saturated rings. The first kappa shape index (κ1) is 22.4. The molecular weight excluding hydrogens is 380 g/mol. The first-order valence-electron chi connectivity index (χ1n) is 9.74. The average molecular weight is 411 g/mol. The molecule has 0 radical (unpaired) electrons. The normalized spacial score (nSPS) is 16.5. The van der Waals surface area contributed by atoms with Crippen LogP contribution in [-0.4, -0.2) is 50.9 Å². The largest absolute Gasteiger partial charge is 0.454 e. The van der Waals surface area contributed by atoms with Crippen molar-refractivity contribution in [3.8, 4) is 0 Å². The Kier molecular flexibility index (Phi) is 8.00. The number of ether oxygens (including phenoxy) is 1. The number of nitrogens with one attached hydrogen (secondary N) is 1. The molecule has 1 aliphatic rings. The fraction of sp³-hybridized carbons (Fsp3) is 0.600. The van der Waals surface area contributed by atoms with Gasteiger partial charge in [-0.05, 0) is 37.8 Å². The van der Waals surface area contributed by atoms with Gasteiger partial charge in [0.15, 0.2) is 6.61 Å². The maximum Gasteiger partial charge on any atom is 0.324 e. The van der Waals surface area contributed by atoms with E-state index in [2.05, 4.69) is 4.72 Å². The third-order valence-electron chi connectivity index (χ3n) is 4.83. The number of aryl methyl sites for hydroxylation is 1. The van der Waals surface area contributed by atoms with Crippen molar-refractivity contribution >= 4 is 21.9 Å². The Morgan fingerprint density at radius 1 is 1.07 bits per heavy atom. The number of likely N-dealkylation sites (tertiary alicyclic amines) is 1. The van der Waals surface area contributed by atoms with E-state index in [0.29, 0.717) is 13.1 Å². The molecule has 0 bridgehead atoms. The highest BCUT2D eigenvalue weighted by Crippen LogP contribution is 2.14. The van der Waals surface area contributed by atoms with E-state index in [9.17, 15) is 18.0 Å². The molecule has 0 unspecified atom stereocenters. The van der Waals surface area contributed by atoms with Crippen molar-refractivity contribution in [2.75, 3.05) is 19.7 Å². The number of carbonyl (C=O) groups excluding carboxylic acids is 2. The van der Waals surface area contributed by atoms with Crippen LogP contribution in [0.2, 0.25) is 0 Å². The number of carbonyl (C=O) groups is 2. The lowest BCUT2D eigenvalue weighted by Gasteiger charge is -2.23. The van der Waals surface area contributed by atoms with Gasteiger partial charge in [0.05, 0.1) is 4.90 Å². The van der Waals surface area contributed by atoms with E-state index >= 15 is 0 Å². The van der Waals surface area contributed by atoms with Gasteiger partial charge in [-0.2, -0.15) is 4.72 Å². The Morgan fingerprint density at radius 3 is 2.18 bits per heavy atom. The first-order chi connectivity index (χ1) is 13.2. The van der Waals surface area contributed by atoms with Gasteiger partial charge in [-0.3, -0.25) is 9.59 Å². The summed E-state index contributed by atoms with van der Waals surface area (Å²) in [7, 11) is -3.88. The molecule has 28 heavy (non-hydrogen) atoms. The van der Waals surface area contributed by atoms with Crippen LogP contribution >= 0.6 is 0 Å². The van der Waals surface area contributed by atoms with Crippen molar-refractivity contribution in [2.24, 2.45) is 5.92 Å². The summed E-state index contributed by atoms with van der Waals surface area (Å²) in [5, 5.41) is 0. The molecule has 0 aromatic heterocycles. The summed E-state index contributed by atoms with van der Waals surface area (Å²) >= 11 is 0. The minimum atomic E-state index is -3.88. The molecule has 0 aliphatic carbocycles. The van der Waals surface area contributed by atoms with Crippen LogP contribution in [0, 0.1) is 12.8 Å². The van der Waals surface area contributed by atoms with Gasteiger partial charge >= 0.3 is 5.97 Å². The van der Waals surface area contributed by atoms with Crippen LogP contribution in [0.5, 0.6) is 0 Å². The Labute approximate surface area is 167 Å². The van der Waals surface area contributed by atoms with Crippen LogP contribution in [0.25, 0.3) is 0 Å².